The van der Waals surface area contributed by atoms with Gasteiger partial charge in [-0.3, -0.25) is 17.2 Å². The standard InChI is InChI=1S/C14H29N7O4/c15-12(16)5-23-8-1-7-2-9(24-6-13(12,17)18)11(3-7,4-8)25-10(22)14(19,20)21/h7-9H,1-6,15-21H2. The zero-order chi connectivity index (χ0) is 18.7. The molecule has 14 N–H and O–H groups in total. The molecular weight excluding hydrogens is 330 g/mol. The molecule has 4 unspecified atom stereocenters. The van der Waals surface area contributed by atoms with Gasteiger partial charge < -0.3 is 37.1 Å². The number of carbonyl (C=O) groups excluding carboxylic acids is 1. The number of hydrogen-bond acceptors (Lipinski definition) is 11. The Morgan fingerprint density at radius 1 is 0.960 bits per heavy atom. The van der Waals surface area contributed by atoms with Gasteiger partial charge in [-0.15, -0.1) is 0 Å². The monoisotopic (exact) mass is 359 g/mol. The van der Waals surface area contributed by atoms with Crippen LogP contribution >= 0.6 is 0 Å². The van der Waals surface area contributed by atoms with Crippen LogP contribution in [0, 0.1) is 5.92 Å². The van der Waals surface area contributed by atoms with E-state index >= 15 is 0 Å². The van der Waals surface area contributed by atoms with E-state index in [2.05, 4.69) is 0 Å². The van der Waals surface area contributed by atoms with Crippen LogP contribution in [0.3, 0.4) is 0 Å². The second kappa shape index (κ2) is 5.81. The number of carbonyl (C=O) groups is 1. The van der Waals surface area contributed by atoms with Crippen molar-refractivity contribution in [3.8, 4) is 0 Å². The summed E-state index contributed by atoms with van der Waals surface area (Å²) in [6, 6.07) is 0. The molecule has 1 heterocycles. The van der Waals surface area contributed by atoms with E-state index in [-0.39, 0.29) is 25.2 Å². The molecule has 0 amide bonds. The average molecular weight is 359 g/mol. The summed E-state index contributed by atoms with van der Waals surface area (Å²) in [6.07, 6.45) is 1.78. The Bertz CT molecular complexity index is 550. The van der Waals surface area contributed by atoms with Crippen molar-refractivity contribution in [3.63, 3.8) is 0 Å². The Hall–Kier alpha value is -0.890. The van der Waals surface area contributed by atoms with Gasteiger partial charge in [0.15, 0.2) is 0 Å². The molecule has 1 saturated heterocycles. The van der Waals surface area contributed by atoms with Crippen molar-refractivity contribution in [3.05, 3.63) is 0 Å². The van der Waals surface area contributed by atoms with Crippen molar-refractivity contribution in [1.82, 2.24) is 0 Å². The fraction of sp³-hybridized carbons (Fsp3) is 0.929. The quantitative estimate of drug-likeness (QED) is 0.186. The van der Waals surface area contributed by atoms with Gasteiger partial charge in [0, 0.05) is 6.42 Å². The van der Waals surface area contributed by atoms with E-state index in [1.165, 1.54) is 0 Å². The van der Waals surface area contributed by atoms with E-state index in [0.29, 0.717) is 19.3 Å². The van der Waals surface area contributed by atoms with Gasteiger partial charge in [-0.05, 0) is 25.2 Å². The SMILES string of the molecule is NC(N)(N)C(=O)OC12CC3CC(C1)OCC(N)(N)C(N)(N)COC2C3. The first kappa shape index (κ1) is 18.9. The molecule has 0 spiro atoms. The van der Waals surface area contributed by atoms with Crippen molar-refractivity contribution in [2.75, 3.05) is 13.2 Å². The fourth-order valence-corrected chi connectivity index (χ4v) is 3.99. The molecule has 0 aromatic rings. The van der Waals surface area contributed by atoms with Crippen molar-refractivity contribution in [1.29, 1.82) is 0 Å². The molecule has 11 heteroatoms. The number of rotatable bonds is 2. The molecule has 3 aliphatic rings. The van der Waals surface area contributed by atoms with Crippen LogP contribution < -0.4 is 40.1 Å². The minimum Gasteiger partial charge on any atom is -0.453 e. The van der Waals surface area contributed by atoms with Gasteiger partial charge in [0.05, 0.1) is 25.4 Å². The Morgan fingerprint density at radius 3 is 2.16 bits per heavy atom. The lowest BCUT2D eigenvalue weighted by Crippen LogP contribution is -2.80. The summed E-state index contributed by atoms with van der Waals surface area (Å²) < 4.78 is 17.5. The molecule has 0 aromatic carbocycles. The Labute approximate surface area is 145 Å². The number of ether oxygens (including phenoxy) is 3. The van der Waals surface area contributed by atoms with Crippen molar-refractivity contribution < 1.29 is 19.0 Å². The summed E-state index contributed by atoms with van der Waals surface area (Å²) in [5.74, 6) is -2.75. The van der Waals surface area contributed by atoms with E-state index in [1.807, 2.05) is 0 Å². The lowest BCUT2D eigenvalue weighted by atomic mass is 9.82. The molecular formula is C14H29N7O4. The summed E-state index contributed by atoms with van der Waals surface area (Å²) in [6.45, 7) is -0.173. The summed E-state index contributed by atoms with van der Waals surface area (Å²) in [5.41, 5.74) is 36.6. The molecule has 3 fully saturated rings. The van der Waals surface area contributed by atoms with Gasteiger partial charge >= 0.3 is 5.97 Å². The van der Waals surface area contributed by atoms with Crippen LogP contribution in [0.2, 0.25) is 0 Å². The van der Waals surface area contributed by atoms with E-state index < -0.39 is 34.8 Å². The van der Waals surface area contributed by atoms with E-state index in [9.17, 15) is 4.79 Å². The minimum absolute atomic E-state index is 0.0515. The highest BCUT2D eigenvalue weighted by Crippen LogP contribution is 2.50. The highest BCUT2D eigenvalue weighted by Gasteiger charge is 2.58. The molecule has 25 heavy (non-hydrogen) atoms. The van der Waals surface area contributed by atoms with Crippen LogP contribution in [0.1, 0.15) is 25.7 Å². The highest BCUT2D eigenvalue weighted by molar-refractivity contribution is 5.79. The summed E-state index contributed by atoms with van der Waals surface area (Å²) in [5, 5.41) is 0. The normalized spacial score (nSPS) is 39.9. The third kappa shape index (κ3) is 3.39. The van der Waals surface area contributed by atoms with Crippen molar-refractivity contribution in [2.24, 2.45) is 46.1 Å². The summed E-state index contributed by atoms with van der Waals surface area (Å²) >= 11 is 0. The Balaban J connectivity index is 1.88. The topological polar surface area (TPSA) is 227 Å². The van der Waals surface area contributed by atoms with Gasteiger partial charge in [0.25, 0.3) is 0 Å². The first-order valence-electron chi connectivity index (χ1n) is 8.33. The molecule has 3 rings (SSSR count). The number of esters is 1. The van der Waals surface area contributed by atoms with Crippen molar-refractivity contribution >= 4 is 5.97 Å². The van der Waals surface area contributed by atoms with Gasteiger partial charge in [-0.2, -0.15) is 0 Å². The molecule has 2 saturated carbocycles. The highest BCUT2D eigenvalue weighted by atomic mass is 16.6. The number of nitrogens with two attached hydrogens (primary N) is 7. The summed E-state index contributed by atoms with van der Waals surface area (Å²) in [4.78, 5) is 12.2. The van der Waals surface area contributed by atoms with Crippen LogP contribution in [0.5, 0.6) is 0 Å². The van der Waals surface area contributed by atoms with Gasteiger partial charge in [-0.1, -0.05) is 0 Å². The third-order valence-corrected chi connectivity index (χ3v) is 5.54. The second-order valence-electron chi connectivity index (χ2n) is 7.95. The lowest BCUT2D eigenvalue weighted by Gasteiger charge is -2.46. The van der Waals surface area contributed by atoms with Crippen LogP contribution in [-0.2, 0) is 19.0 Å². The number of fused-ring (bicyclic) bond motifs is 2. The number of hydrogen-bond donors (Lipinski definition) is 7. The fourth-order valence-electron chi connectivity index (χ4n) is 3.99. The summed E-state index contributed by atoms with van der Waals surface area (Å²) in [7, 11) is 0. The molecule has 1 aliphatic heterocycles. The molecule has 4 atom stereocenters. The van der Waals surface area contributed by atoms with Crippen LogP contribution in [0.25, 0.3) is 0 Å². The average Bonchev–Trinajstić information content (AvgIpc) is 2.71. The van der Waals surface area contributed by atoms with Gasteiger partial charge in [-0.25, -0.2) is 4.79 Å². The lowest BCUT2D eigenvalue weighted by molar-refractivity contribution is -0.197. The predicted octanol–water partition coefficient (Wildman–Crippen LogP) is -3.99. The van der Waals surface area contributed by atoms with Crippen molar-refractivity contribution in [2.45, 2.75) is 60.6 Å². The third-order valence-electron chi connectivity index (χ3n) is 5.54. The van der Waals surface area contributed by atoms with E-state index in [1.54, 1.807) is 0 Å². The second-order valence-corrected chi connectivity index (χ2v) is 7.95. The maximum Gasteiger partial charge on any atom is 0.357 e. The Kier molecular flexibility index (Phi) is 4.39. The van der Waals surface area contributed by atoms with E-state index in [0.717, 1.165) is 6.42 Å². The molecule has 2 aliphatic carbocycles. The van der Waals surface area contributed by atoms with Crippen LogP contribution in [-0.4, -0.2) is 54.1 Å². The van der Waals surface area contributed by atoms with Gasteiger partial charge in [0.1, 0.15) is 16.9 Å². The zero-order valence-corrected chi connectivity index (χ0v) is 14.1. The zero-order valence-electron chi connectivity index (χ0n) is 14.1. The Morgan fingerprint density at radius 2 is 1.56 bits per heavy atom. The first-order valence-corrected chi connectivity index (χ1v) is 8.33. The first-order chi connectivity index (χ1) is 11.3. The molecule has 144 valence electrons. The maximum atomic E-state index is 12.2. The molecule has 11 nitrogen and oxygen atoms in total. The predicted molar refractivity (Wildman–Crippen MR) is 87.8 cm³/mol. The molecule has 0 radical (unpaired) electrons. The van der Waals surface area contributed by atoms with Crippen LogP contribution in [0.15, 0.2) is 0 Å². The molecule has 3 bridgehead atoms. The maximum absolute atomic E-state index is 12.2. The minimum atomic E-state index is -2.09. The smallest absolute Gasteiger partial charge is 0.357 e. The van der Waals surface area contributed by atoms with Crippen LogP contribution in [0.4, 0.5) is 0 Å². The largest absolute Gasteiger partial charge is 0.453 e. The molecule has 0 aromatic heterocycles. The van der Waals surface area contributed by atoms with E-state index in [4.69, 9.17) is 54.3 Å². The van der Waals surface area contributed by atoms with Gasteiger partial charge in [0.2, 0.25) is 5.79 Å².